The van der Waals surface area contributed by atoms with Crippen molar-refractivity contribution in [3.63, 3.8) is 0 Å². The van der Waals surface area contributed by atoms with Gasteiger partial charge in [0.2, 0.25) is 0 Å². The lowest BCUT2D eigenvalue weighted by molar-refractivity contribution is -0.902. The SMILES string of the molecule is C[N+]1(CC(N)=O)CCN(c2ccc(N)c(N)c2)CC1. The highest BCUT2D eigenvalue weighted by molar-refractivity contribution is 5.75. The molecule has 1 aliphatic rings. The van der Waals surface area contributed by atoms with E-state index in [-0.39, 0.29) is 5.91 Å². The number of hydrogen-bond acceptors (Lipinski definition) is 4. The number of nitrogen functional groups attached to an aromatic ring is 2. The Hall–Kier alpha value is -1.95. The highest BCUT2D eigenvalue weighted by Crippen LogP contribution is 2.24. The normalized spacial score (nSPS) is 18.3. The minimum Gasteiger partial charge on any atom is -0.397 e. The number of carbonyl (C=O) groups excluding carboxylic acids is 1. The van der Waals surface area contributed by atoms with Crippen LogP contribution in [0.3, 0.4) is 0 Å². The van der Waals surface area contributed by atoms with Crippen LogP contribution in [0, 0.1) is 0 Å². The first-order valence-electron chi connectivity index (χ1n) is 6.41. The number of benzene rings is 1. The van der Waals surface area contributed by atoms with Crippen molar-refractivity contribution in [2.45, 2.75) is 0 Å². The lowest BCUT2D eigenvalue weighted by Crippen LogP contribution is -2.59. The van der Waals surface area contributed by atoms with E-state index in [0.29, 0.717) is 22.4 Å². The second-order valence-electron chi connectivity index (χ2n) is 5.49. The Bertz CT molecular complexity index is 480. The molecule has 19 heavy (non-hydrogen) atoms. The largest absolute Gasteiger partial charge is 0.397 e. The molecule has 6 nitrogen and oxygen atoms in total. The van der Waals surface area contributed by atoms with Gasteiger partial charge in [-0.25, -0.2) is 0 Å². The molecule has 0 aliphatic carbocycles. The maximum Gasteiger partial charge on any atom is 0.272 e. The Morgan fingerprint density at radius 2 is 1.89 bits per heavy atom. The molecular weight excluding hydrogens is 242 g/mol. The van der Waals surface area contributed by atoms with Crippen molar-refractivity contribution >= 4 is 23.0 Å². The van der Waals surface area contributed by atoms with Gasteiger partial charge in [-0.3, -0.25) is 4.79 Å². The number of amides is 1. The maximum absolute atomic E-state index is 11.1. The van der Waals surface area contributed by atoms with Crippen molar-refractivity contribution in [2.75, 3.05) is 56.1 Å². The summed E-state index contributed by atoms with van der Waals surface area (Å²) in [4.78, 5) is 13.3. The summed E-state index contributed by atoms with van der Waals surface area (Å²) >= 11 is 0. The van der Waals surface area contributed by atoms with E-state index in [9.17, 15) is 4.79 Å². The Labute approximate surface area is 113 Å². The first-order chi connectivity index (χ1) is 8.89. The van der Waals surface area contributed by atoms with Crippen molar-refractivity contribution in [3.8, 4) is 0 Å². The monoisotopic (exact) mass is 264 g/mol. The second kappa shape index (κ2) is 4.97. The molecule has 0 unspecified atom stereocenters. The van der Waals surface area contributed by atoms with E-state index in [1.165, 1.54) is 0 Å². The quantitative estimate of drug-likeness (QED) is 0.511. The minimum absolute atomic E-state index is 0.243. The minimum atomic E-state index is -0.243. The van der Waals surface area contributed by atoms with Crippen LogP contribution in [0.2, 0.25) is 0 Å². The highest BCUT2D eigenvalue weighted by atomic mass is 16.1. The van der Waals surface area contributed by atoms with Crippen molar-refractivity contribution in [3.05, 3.63) is 18.2 Å². The smallest absolute Gasteiger partial charge is 0.272 e. The molecule has 0 radical (unpaired) electrons. The van der Waals surface area contributed by atoms with Crippen LogP contribution >= 0.6 is 0 Å². The van der Waals surface area contributed by atoms with Crippen LogP contribution in [0.1, 0.15) is 0 Å². The third-order valence-electron chi connectivity index (χ3n) is 3.79. The van der Waals surface area contributed by atoms with Gasteiger partial charge in [0.1, 0.15) is 0 Å². The summed E-state index contributed by atoms with van der Waals surface area (Å²) < 4.78 is 0.705. The Balaban J connectivity index is 2.03. The summed E-state index contributed by atoms with van der Waals surface area (Å²) in [5.41, 5.74) is 19.1. The molecule has 1 fully saturated rings. The number of rotatable bonds is 3. The third-order valence-corrected chi connectivity index (χ3v) is 3.79. The van der Waals surface area contributed by atoms with Crippen LogP contribution in [-0.2, 0) is 4.79 Å². The van der Waals surface area contributed by atoms with Gasteiger partial charge in [-0.15, -0.1) is 0 Å². The molecule has 2 rings (SSSR count). The fourth-order valence-electron chi connectivity index (χ4n) is 2.50. The summed E-state index contributed by atoms with van der Waals surface area (Å²) in [6.07, 6.45) is 0. The molecule has 1 aromatic rings. The average molecular weight is 264 g/mol. The number of carbonyl (C=O) groups is 1. The van der Waals surface area contributed by atoms with Crippen molar-refractivity contribution in [1.82, 2.24) is 0 Å². The molecule has 1 aliphatic heterocycles. The molecule has 1 heterocycles. The summed E-state index contributed by atoms with van der Waals surface area (Å²) in [6, 6.07) is 5.71. The van der Waals surface area contributed by atoms with Crippen molar-refractivity contribution in [1.29, 1.82) is 0 Å². The lowest BCUT2D eigenvalue weighted by Gasteiger charge is -2.42. The molecule has 1 aromatic carbocycles. The molecule has 0 saturated carbocycles. The van der Waals surface area contributed by atoms with Crippen molar-refractivity contribution < 1.29 is 9.28 Å². The van der Waals surface area contributed by atoms with Gasteiger partial charge >= 0.3 is 0 Å². The predicted octanol–water partition coefficient (Wildman–Crippen LogP) is -0.397. The van der Waals surface area contributed by atoms with Gasteiger partial charge in [-0.1, -0.05) is 0 Å². The zero-order valence-corrected chi connectivity index (χ0v) is 11.3. The zero-order valence-electron chi connectivity index (χ0n) is 11.3. The molecule has 0 spiro atoms. The molecule has 6 heteroatoms. The summed E-state index contributed by atoms with van der Waals surface area (Å²) in [5.74, 6) is -0.243. The van der Waals surface area contributed by atoms with Gasteiger partial charge in [0.15, 0.2) is 6.54 Å². The Morgan fingerprint density at radius 3 is 2.42 bits per heavy atom. The number of anilines is 3. The summed E-state index contributed by atoms with van der Waals surface area (Å²) in [6.45, 7) is 3.96. The van der Waals surface area contributed by atoms with Crippen LogP contribution in [0.5, 0.6) is 0 Å². The van der Waals surface area contributed by atoms with E-state index in [1.807, 2.05) is 18.2 Å². The number of likely N-dealkylation sites (N-methyl/N-ethyl adjacent to an activating group) is 1. The van der Waals surface area contributed by atoms with E-state index in [0.717, 1.165) is 31.9 Å². The van der Waals surface area contributed by atoms with Gasteiger partial charge in [0.05, 0.1) is 44.6 Å². The highest BCUT2D eigenvalue weighted by Gasteiger charge is 2.30. The maximum atomic E-state index is 11.1. The van der Waals surface area contributed by atoms with E-state index in [4.69, 9.17) is 17.2 Å². The molecule has 1 amide bonds. The fourth-order valence-corrected chi connectivity index (χ4v) is 2.50. The lowest BCUT2D eigenvalue weighted by atomic mass is 10.2. The van der Waals surface area contributed by atoms with Gasteiger partial charge < -0.3 is 26.6 Å². The van der Waals surface area contributed by atoms with Crippen LogP contribution in [0.15, 0.2) is 18.2 Å². The summed E-state index contributed by atoms with van der Waals surface area (Å²) in [7, 11) is 2.07. The molecule has 0 atom stereocenters. The molecule has 6 N–H and O–H groups in total. The molecule has 1 saturated heterocycles. The average Bonchev–Trinajstić information content (AvgIpc) is 2.32. The number of hydrogen-bond donors (Lipinski definition) is 3. The van der Waals surface area contributed by atoms with Gasteiger partial charge in [-0.2, -0.15) is 0 Å². The van der Waals surface area contributed by atoms with E-state index in [1.54, 1.807) is 0 Å². The predicted molar refractivity (Wildman–Crippen MR) is 77.5 cm³/mol. The van der Waals surface area contributed by atoms with Crippen LogP contribution in [0.25, 0.3) is 0 Å². The third kappa shape index (κ3) is 3.08. The first-order valence-corrected chi connectivity index (χ1v) is 6.41. The van der Waals surface area contributed by atoms with E-state index in [2.05, 4.69) is 11.9 Å². The standard InChI is InChI=1S/C13H21N5O/c1-18(9-13(16)19)6-4-17(5-7-18)10-2-3-11(14)12(15)8-10/h2-3,8H,4-7,9,14-15H2,1H3,(H-,16,19)/p+1. The summed E-state index contributed by atoms with van der Waals surface area (Å²) in [5, 5.41) is 0. The Morgan fingerprint density at radius 1 is 1.26 bits per heavy atom. The zero-order chi connectivity index (χ0) is 14.0. The number of primary amides is 1. The van der Waals surface area contributed by atoms with Crippen molar-refractivity contribution in [2.24, 2.45) is 5.73 Å². The number of nitrogens with two attached hydrogens (primary N) is 3. The fraction of sp³-hybridized carbons (Fsp3) is 0.462. The van der Waals surface area contributed by atoms with Gasteiger partial charge in [0.25, 0.3) is 5.91 Å². The van der Waals surface area contributed by atoms with E-state index < -0.39 is 0 Å². The first kappa shape index (κ1) is 13.5. The Kier molecular flexibility index (Phi) is 3.53. The molecule has 0 bridgehead atoms. The van der Waals surface area contributed by atoms with Crippen LogP contribution < -0.4 is 22.1 Å². The van der Waals surface area contributed by atoms with Gasteiger partial charge in [-0.05, 0) is 18.2 Å². The molecule has 104 valence electrons. The van der Waals surface area contributed by atoms with Crippen LogP contribution in [0.4, 0.5) is 17.1 Å². The second-order valence-corrected chi connectivity index (χ2v) is 5.49. The number of piperazine rings is 1. The topological polar surface area (TPSA) is 98.4 Å². The van der Waals surface area contributed by atoms with E-state index >= 15 is 0 Å². The molecule has 0 aromatic heterocycles. The number of nitrogens with zero attached hydrogens (tertiary/aromatic N) is 2. The van der Waals surface area contributed by atoms with Crippen LogP contribution in [-0.4, -0.2) is 50.2 Å². The van der Waals surface area contributed by atoms with Gasteiger partial charge in [0, 0.05) is 5.69 Å². The number of quaternary nitrogens is 1. The molecular formula is C13H22N5O+.